The Labute approximate surface area is 134 Å². The van der Waals surface area contributed by atoms with Gasteiger partial charge in [0.1, 0.15) is 18.1 Å². The van der Waals surface area contributed by atoms with E-state index in [0.29, 0.717) is 12.4 Å². The number of rotatable bonds is 4. The second-order valence-corrected chi connectivity index (χ2v) is 5.16. The van der Waals surface area contributed by atoms with E-state index in [2.05, 4.69) is 5.32 Å². The Kier molecular flexibility index (Phi) is 4.10. The van der Waals surface area contributed by atoms with Gasteiger partial charge >= 0.3 is 6.03 Å². The first-order valence-electron chi connectivity index (χ1n) is 7.21. The second kappa shape index (κ2) is 6.36. The van der Waals surface area contributed by atoms with Gasteiger partial charge in [-0.05, 0) is 17.7 Å². The summed E-state index contributed by atoms with van der Waals surface area (Å²) in [5.74, 6) is 0.299. The summed E-state index contributed by atoms with van der Waals surface area (Å²) in [7, 11) is 1.44. The lowest BCUT2D eigenvalue weighted by Gasteiger charge is -2.09. The van der Waals surface area contributed by atoms with Crippen LogP contribution in [0.2, 0.25) is 0 Å². The van der Waals surface area contributed by atoms with E-state index in [9.17, 15) is 9.59 Å². The molecule has 2 aromatic carbocycles. The number of carbonyl (C=O) groups is 2. The largest absolute Gasteiger partial charge is 0.488 e. The lowest BCUT2D eigenvalue weighted by Crippen LogP contribution is -2.25. The molecule has 0 aromatic heterocycles. The van der Waals surface area contributed by atoms with Crippen LogP contribution in [0.3, 0.4) is 0 Å². The SMILES string of the molecule is CN1C(=O)N/C(=C/c2ccccc2OCc2ccccc2)C1=O. The highest BCUT2D eigenvalue weighted by Crippen LogP contribution is 2.23. The lowest BCUT2D eigenvalue weighted by atomic mass is 10.1. The number of nitrogens with zero attached hydrogens (tertiary/aromatic N) is 1. The number of ether oxygens (including phenoxy) is 1. The van der Waals surface area contributed by atoms with Gasteiger partial charge in [-0.1, -0.05) is 48.5 Å². The predicted octanol–water partition coefficient (Wildman–Crippen LogP) is 2.79. The van der Waals surface area contributed by atoms with Gasteiger partial charge in [-0.2, -0.15) is 0 Å². The Morgan fingerprint density at radius 1 is 1.04 bits per heavy atom. The zero-order valence-corrected chi connectivity index (χ0v) is 12.7. The molecule has 1 aliphatic rings. The molecule has 5 heteroatoms. The van der Waals surface area contributed by atoms with Crippen molar-refractivity contribution in [1.82, 2.24) is 10.2 Å². The number of carbonyl (C=O) groups excluding carboxylic acids is 2. The van der Waals surface area contributed by atoms with Gasteiger partial charge in [-0.25, -0.2) is 4.79 Å². The maximum Gasteiger partial charge on any atom is 0.328 e. The van der Waals surface area contributed by atoms with E-state index in [1.54, 1.807) is 6.08 Å². The average Bonchev–Trinajstić information content (AvgIpc) is 2.82. The van der Waals surface area contributed by atoms with Crippen molar-refractivity contribution in [3.63, 3.8) is 0 Å². The van der Waals surface area contributed by atoms with Crippen molar-refractivity contribution < 1.29 is 14.3 Å². The summed E-state index contributed by atoms with van der Waals surface area (Å²) >= 11 is 0. The van der Waals surface area contributed by atoms with Crippen molar-refractivity contribution in [2.75, 3.05) is 7.05 Å². The van der Waals surface area contributed by atoms with Crippen molar-refractivity contribution >= 4 is 18.0 Å². The van der Waals surface area contributed by atoms with Crippen molar-refractivity contribution in [3.8, 4) is 5.75 Å². The molecule has 0 atom stereocenters. The number of imide groups is 1. The maximum atomic E-state index is 11.9. The van der Waals surface area contributed by atoms with Crippen LogP contribution >= 0.6 is 0 Å². The van der Waals surface area contributed by atoms with E-state index in [1.165, 1.54) is 7.05 Å². The Hall–Kier alpha value is -3.08. The minimum absolute atomic E-state index is 0.244. The number of amides is 3. The quantitative estimate of drug-likeness (QED) is 0.698. The van der Waals surface area contributed by atoms with Gasteiger partial charge in [0.15, 0.2) is 0 Å². The molecule has 3 rings (SSSR count). The van der Waals surface area contributed by atoms with E-state index in [1.807, 2.05) is 54.6 Å². The molecule has 0 spiro atoms. The van der Waals surface area contributed by atoms with Gasteiger partial charge in [0.05, 0.1) is 0 Å². The first-order chi connectivity index (χ1) is 11.1. The number of hydrogen-bond acceptors (Lipinski definition) is 3. The average molecular weight is 308 g/mol. The minimum Gasteiger partial charge on any atom is -0.488 e. The molecular formula is C18H16N2O3. The molecule has 3 amide bonds. The number of likely N-dealkylation sites (N-methyl/N-ethyl adjacent to an activating group) is 1. The Morgan fingerprint density at radius 3 is 2.43 bits per heavy atom. The van der Waals surface area contributed by atoms with Gasteiger partial charge in [-0.15, -0.1) is 0 Å². The highest BCUT2D eigenvalue weighted by molar-refractivity contribution is 6.13. The topological polar surface area (TPSA) is 58.6 Å². The van der Waals surface area contributed by atoms with Crippen LogP contribution in [-0.4, -0.2) is 23.9 Å². The Balaban J connectivity index is 1.81. The summed E-state index contributed by atoms with van der Waals surface area (Å²) in [5, 5.41) is 2.55. The molecule has 1 N–H and O–H groups in total. The molecule has 1 aliphatic heterocycles. The standard InChI is InChI=1S/C18H16N2O3/c1-20-17(21)15(19-18(20)22)11-14-9-5-6-10-16(14)23-12-13-7-3-2-4-8-13/h2-11H,12H2,1H3,(H,19,22)/b15-11+. The van der Waals surface area contributed by atoms with Gasteiger partial charge < -0.3 is 10.1 Å². The molecule has 1 saturated heterocycles. The van der Waals surface area contributed by atoms with Crippen LogP contribution in [0.4, 0.5) is 4.79 Å². The van der Waals surface area contributed by atoms with Crippen LogP contribution in [0.5, 0.6) is 5.75 Å². The molecule has 1 heterocycles. The van der Waals surface area contributed by atoms with Crippen LogP contribution in [0.1, 0.15) is 11.1 Å². The van der Waals surface area contributed by atoms with Crippen molar-refractivity contribution in [3.05, 3.63) is 71.4 Å². The van der Waals surface area contributed by atoms with E-state index in [-0.39, 0.29) is 11.6 Å². The van der Waals surface area contributed by atoms with Crippen molar-refractivity contribution in [2.45, 2.75) is 6.61 Å². The third-order valence-electron chi connectivity index (χ3n) is 3.54. The van der Waals surface area contributed by atoms with Gasteiger partial charge in [0.2, 0.25) is 0 Å². The molecule has 116 valence electrons. The monoisotopic (exact) mass is 308 g/mol. The molecule has 1 fully saturated rings. The molecule has 23 heavy (non-hydrogen) atoms. The van der Waals surface area contributed by atoms with Crippen LogP contribution in [0.25, 0.3) is 6.08 Å². The predicted molar refractivity (Wildman–Crippen MR) is 86.5 cm³/mol. The first-order valence-corrected chi connectivity index (χ1v) is 7.21. The fourth-order valence-corrected chi connectivity index (χ4v) is 2.25. The van der Waals surface area contributed by atoms with E-state index in [0.717, 1.165) is 16.0 Å². The van der Waals surface area contributed by atoms with E-state index in [4.69, 9.17) is 4.74 Å². The first kappa shape index (κ1) is 14.8. The number of urea groups is 1. The van der Waals surface area contributed by atoms with E-state index < -0.39 is 6.03 Å². The van der Waals surface area contributed by atoms with Crippen molar-refractivity contribution in [2.24, 2.45) is 0 Å². The fraction of sp³-hybridized carbons (Fsp3) is 0.111. The number of nitrogens with one attached hydrogen (secondary N) is 1. The molecule has 2 aromatic rings. The summed E-state index contributed by atoms with van der Waals surface area (Å²) in [5.41, 5.74) is 2.04. The lowest BCUT2D eigenvalue weighted by molar-refractivity contribution is -0.121. The van der Waals surface area contributed by atoms with Gasteiger partial charge in [-0.3, -0.25) is 9.69 Å². The number of benzene rings is 2. The van der Waals surface area contributed by atoms with Crippen LogP contribution < -0.4 is 10.1 Å². The minimum atomic E-state index is -0.427. The zero-order chi connectivity index (χ0) is 16.2. The molecule has 0 radical (unpaired) electrons. The normalized spacial score (nSPS) is 15.9. The Morgan fingerprint density at radius 2 is 1.74 bits per heavy atom. The molecule has 5 nitrogen and oxygen atoms in total. The number of hydrogen-bond donors (Lipinski definition) is 1. The summed E-state index contributed by atoms with van der Waals surface area (Å²) in [6.07, 6.45) is 1.63. The summed E-state index contributed by atoms with van der Waals surface area (Å²) in [4.78, 5) is 24.5. The smallest absolute Gasteiger partial charge is 0.328 e. The van der Waals surface area contributed by atoms with Crippen LogP contribution in [-0.2, 0) is 11.4 Å². The molecule has 0 unspecified atom stereocenters. The third-order valence-corrected chi connectivity index (χ3v) is 3.54. The zero-order valence-electron chi connectivity index (χ0n) is 12.7. The van der Waals surface area contributed by atoms with Gasteiger partial charge in [0.25, 0.3) is 5.91 Å². The van der Waals surface area contributed by atoms with Crippen LogP contribution in [0.15, 0.2) is 60.3 Å². The maximum absolute atomic E-state index is 11.9. The molecule has 0 aliphatic carbocycles. The Bertz CT molecular complexity index is 769. The highest BCUT2D eigenvalue weighted by Gasteiger charge is 2.30. The molecule has 0 saturated carbocycles. The fourth-order valence-electron chi connectivity index (χ4n) is 2.25. The number of para-hydroxylation sites is 1. The highest BCUT2D eigenvalue weighted by atomic mass is 16.5. The molecule has 0 bridgehead atoms. The molecular weight excluding hydrogens is 292 g/mol. The van der Waals surface area contributed by atoms with Gasteiger partial charge in [0, 0.05) is 12.6 Å². The second-order valence-electron chi connectivity index (χ2n) is 5.16. The van der Waals surface area contributed by atoms with Crippen LogP contribution in [0, 0.1) is 0 Å². The summed E-state index contributed by atoms with van der Waals surface area (Å²) < 4.78 is 5.84. The van der Waals surface area contributed by atoms with Crippen molar-refractivity contribution in [1.29, 1.82) is 0 Å². The summed E-state index contributed by atoms with van der Waals surface area (Å²) in [6.45, 7) is 0.432. The third kappa shape index (κ3) is 3.23. The summed E-state index contributed by atoms with van der Waals surface area (Å²) in [6, 6.07) is 16.8. The van der Waals surface area contributed by atoms with E-state index >= 15 is 0 Å².